The van der Waals surface area contributed by atoms with Gasteiger partial charge in [0, 0.05) is 11.3 Å². The predicted octanol–water partition coefficient (Wildman–Crippen LogP) is 6.35. The fraction of sp³-hybridized carbons (Fsp3) is 0.458. The average Bonchev–Trinajstić information content (AvgIpc) is 2.76. The number of rotatable bonds is 15. The quantitative estimate of drug-likeness (QED) is 0.133. The third-order valence-electron chi connectivity index (χ3n) is 4.95. The molecular formula is C24H31N2O5S-. The van der Waals surface area contributed by atoms with E-state index in [0.717, 1.165) is 56.4 Å². The first-order valence-electron chi connectivity index (χ1n) is 11.0. The van der Waals surface area contributed by atoms with Gasteiger partial charge in [-0.05, 0) is 68.3 Å². The largest absolute Gasteiger partial charge is 0.748 e. The van der Waals surface area contributed by atoms with Crippen molar-refractivity contribution in [3.8, 4) is 5.75 Å². The van der Waals surface area contributed by atoms with Crippen LogP contribution in [0.1, 0.15) is 68.6 Å². The number of azo groups is 1. The summed E-state index contributed by atoms with van der Waals surface area (Å²) in [5.41, 5.74) is 2.06. The molecule has 0 bridgehead atoms. The van der Waals surface area contributed by atoms with E-state index in [1.807, 2.05) is 24.3 Å². The van der Waals surface area contributed by atoms with Gasteiger partial charge in [-0.15, -0.1) is 0 Å². The normalized spacial score (nSPS) is 11.7. The van der Waals surface area contributed by atoms with Crippen molar-refractivity contribution in [3.05, 3.63) is 54.1 Å². The molecule has 0 N–H and O–H groups in total. The lowest BCUT2D eigenvalue weighted by Crippen LogP contribution is -2.03. The van der Waals surface area contributed by atoms with Crippen LogP contribution in [-0.2, 0) is 10.1 Å². The summed E-state index contributed by atoms with van der Waals surface area (Å²) in [4.78, 5) is 11.3. The maximum Gasteiger partial charge on any atom is 0.159 e. The highest BCUT2D eigenvalue weighted by Gasteiger charge is 2.00. The molecule has 0 saturated carbocycles. The standard InChI is InChI=1S/C24H32N2O5S/c1-20(27)21-10-12-22(13-11-21)25-26-23-14-16-24(17-15-23)31-18-8-6-4-2-3-5-7-9-19-32(28,29)30/h10-17H,2-9,18-19H2,1H3,(H,28,29,30)/p-1. The SMILES string of the molecule is CC(=O)c1ccc(N=Nc2ccc(OCCCCCCCCCCS(=O)(=O)[O-])cc2)cc1. The van der Waals surface area contributed by atoms with Gasteiger partial charge in [0.15, 0.2) is 5.78 Å². The van der Waals surface area contributed by atoms with Gasteiger partial charge in [0.05, 0.1) is 28.1 Å². The maximum absolute atomic E-state index is 11.3. The summed E-state index contributed by atoms with van der Waals surface area (Å²) in [5, 5.41) is 8.38. The van der Waals surface area contributed by atoms with Crippen LogP contribution >= 0.6 is 0 Å². The van der Waals surface area contributed by atoms with Gasteiger partial charge in [-0.3, -0.25) is 4.79 Å². The van der Waals surface area contributed by atoms with E-state index in [9.17, 15) is 17.8 Å². The van der Waals surface area contributed by atoms with E-state index in [1.54, 1.807) is 24.3 Å². The Kier molecular flexibility index (Phi) is 11.0. The Morgan fingerprint density at radius 1 is 0.781 bits per heavy atom. The summed E-state index contributed by atoms with van der Waals surface area (Å²) in [7, 11) is -4.06. The lowest BCUT2D eigenvalue weighted by Gasteiger charge is -2.07. The fourth-order valence-corrected chi connectivity index (χ4v) is 3.68. The molecule has 0 amide bonds. The Balaban J connectivity index is 1.56. The van der Waals surface area contributed by atoms with Gasteiger partial charge in [-0.2, -0.15) is 10.2 Å². The second-order valence-electron chi connectivity index (χ2n) is 7.74. The Labute approximate surface area is 190 Å². The molecule has 32 heavy (non-hydrogen) atoms. The van der Waals surface area contributed by atoms with Crippen LogP contribution in [0.15, 0.2) is 58.8 Å². The van der Waals surface area contributed by atoms with Crippen molar-refractivity contribution in [1.29, 1.82) is 0 Å². The van der Waals surface area contributed by atoms with E-state index < -0.39 is 10.1 Å². The minimum absolute atomic E-state index is 0.0219. The van der Waals surface area contributed by atoms with E-state index in [0.29, 0.717) is 24.3 Å². The molecule has 0 aliphatic heterocycles. The summed E-state index contributed by atoms with van der Waals surface area (Å²) >= 11 is 0. The molecule has 0 fully saturated rings. The van der Waals surface area contributed by atoms with E-state index in [2.05, 4.69) is 10.2 Å². The first-order chi connectivity index (χ1) is 15.3. The van der Waals surface area contributed by atoms with E-state index in [4.69, 9.17) is 4.74 Å². The van der Waals surface area contributed by atoms with Crippen molar-refractivity contribution in [2.45, 2.75) is 58.3 Å². The summed E-state index contributed by atoms with van der Waals surface area (Å²) < 4.78 is 37.3. The lowest BCUT2D eigenvalue weighted by molar-refractivity contribution is 0.101. The van der Waals surface area contributed by atoms with Gasteiger partial charge in [0.2, 0.25) is 0 Å². The molecular weight excluding hydrogens is 428 g/mol. The first kappa shape index (κ1) is 25.7. The maximum atomic E-state index is 11.3. The zero-order valence-electron chi connectivity index (χ0n) is 18.5. The summed E-state index contributed by atoms with van der Waals surface area (Å²) in [6.45, 7) is 2.19. The average molecular weight is 460 g/mol. The molecule has 0 spiro atoms. The molecule has 0 atom stereocenters. The molecule has 0 saturated heterocycles. The van der Waals surface area contributed by atoms with Crippen LogP contribution in [0, 0.1) is 0 Å². The zero-order valence-corrected chi connectivity index (χ0v) is 19.4. The van der Waals surface area contributed by atoms with Gasteiger partial charge in [0.1, 0.15) is 5.75 Å². The minimum atomic E-state index is -4.06. The molecule has 0 aliphatic carbocycles. The number of ketones is 1. The molecule has 0 unspecified atom stereocenters. The number of hydrogen-bond donors (Lipinski definition) is 0. The molecule has 2 rings (SSSR count). The van der Waals surface area contributed by atoms with E-state index in [-0.39, 0.29) is 11.5 Å². The fourth-order valence-electron chi connectivity index (χ4n) is 3.12. The number of nitrogens with zero attached hydrogens (tertiary/aromatic N) is 2. The topological polar surface area (TPSA) is 108 Å². The van der Waals surface area contributed by atoms with Crippen LogP contribution in [0.25, 0.3) is 0 Å². The third kappa shape index (κ3) is 11.2. The zero-order chi connectivity index (χ0) is 23.2. The molecule has 0 heterocycles. The van der Waals surface area contributed by atoms with Crippen molar-refractivity contribution in [3.63, 3.8) is 0 Å². The second kappa shape index (κ2) is 13.8. The lowest BCUT2D eigenvalue weighted by atomic mass is 10.1. The Hall–Kier alpha value is -2.58. The number of benzene rings is 2. The Morgan fingerprint density at radius 3 is 1.75 bits per heavy atom. The van der Waals surface area contributed by atoms with E-state index >= 15 is 0 Å². The number of unbranched alkanes of at least 4 members (excludes halogenated alkanes) is 7. The van der Waals surface area contributed by atoms with Crippen LogP contribution in [0.2, 0.25) is 0 Å². The van der Waals surface area contributed by atoms with Gasteiger partial charge >= 0.3 is 0 Å². The molecule has 174 valence electrons. The smallest absolute Gasteiger partial charge is 0.159 e. The number of carbonyl (C=O) groups is 1. The van der Waals surface area contributed by atoms with Crippen LogP contribution in [-0.4, -0.2) is 31.1 Å². The van der Waals surface area contributed by atoms with Gasteiger partial charge in [-0.25, -0.2) is 8.42 Å². The van der Waals surface area contributed by atoms with Crippen LogP contribution in [0.5, 0.6) is 5.75 Å². The van der Waals surface area contributed by atoms with Crippen molar-refractivity contribution in [1.82, 2.24) is 0 Å². The van der Waals surface area contributed by atoms with E-state index in [1.165, 1.54) is 6.92 Å². The number of hydrogen-bond acceptors (Lipinski definition) is 7. The van der Waals surface area contributed by atoms with Crippen molar-refractivity contribution >= 4 is 27.3 Å². The summed E-state index contributed by atoms with van der Waals surface area (Å²) in [6.07, 6.45) is 7.60. The van der Waals surface area contributed by atoms with Gasteiger partial charge in [-0.1, -0.05) is 38.5 Å². The Bertz CT molecular complexity index is 955. The van der Waals surface area contributed by atoms with Crippen LogP contribution in [0.3, 0.4) is 0 Å². The van der Waals surface area contributed by atoms with Crippen molar-refractivity contribution in [2.75, 3.05) is 12.4 Å². The van der Waals surface area contributed by atoms with Gasteiger partial charge < -0.3 is 9.29 Å². The molecule has 0 aliphatic rings. The highest BCUT2D eigenvalue weighted by molar-refractivity contribution is 7.85. The monoisotopic (exact) mass is 459 g/mol. The third-order valence-corrected chi connectivity index (χ3v) is 5.74. The molecule has 2 aromatic carbocycles. The van der Waals surface area contributed by atoms with Crippen molar-refractivity contribution in [2.24, 2.45) is 10.2 Å². The first-order valence-corrected chi connectivity index (χ1v) is 12.6. The summed E-state index contributed by atoms with van der Waals surface area (Å²) in [5.74, 6) is 0.571. The summed E-state index contributed by atoms with van der Waals surface area (Å²) in [6, 6.07) is 14.4. The molecule has 8 heteroatoms. The van der Waals surface area contributed by atoms with Crippen LogP contribution in [0.4, 0.5) is 11.4 Å². The molecule has 0 aromatic heterocycles. The van der Waals surface area contributed by atoms with Crippen LogP contribution < -0.4 is 4.74 Å². The Morgan fingerprint density at radius 2 is 1.25 bits per heavy atom. The van der Waals surface area contributed by atoms with Crippen molar-refractivity contribution < 1.29 is 22.5 Å². The number of carbonyl (C=O) groups excluding carboxylic acids is 1. The number of ether oxygens (including phenoxy) is 1. The molecule has 0 radical (unpaired) electrons. The molecule has 7 nitrogen and oxygen atoms in total. The molecule has 2 aromatic rings. The highest BCUT2D eigenvalue weighted by Crippen LogP contribution is 2.22. The predicted molar refractivity (Wildman–Crippen MR) is 124 cm³/mol. The number of Topliss-reactive ketones (excluding diaryl/α,β-unsaturated/α-hetero) is 1. The highest BCUT2D eigenvalue weighted by atomic mass is 32.2. The minimum Gasteiger partial charge on any atom is -0.748 e. The second-order valence-corrected chi connectivity index (χ2v) is 9.26. The van der Waals surface area contributed by atoms with Gasteiger partial charge in [0.25, 0.3) is 0 Å².